The third-order valence-electron chi connectivity index (χ3n) is 3.20. The van der Waals surface area contributed by atoms with E-state index in [0.29, 0.717) is 5.92 Å². The molecule has 0 radical (unpaired) electrons. The van der Waals surface area contributed by atoms with Crippen LogP contribution in [0.2, 0.25) is 0 Å². The van der Waals surface area contributed by atoms with Gasteiger partial charge in [-0.1, -0.05) is 0 Å². The van der Waals surface area contributed by atoms with E-state index in [1.807, 2.05) is 0 Å². The van der Waals surface area contributed by atoms with E-state index in [9.17, 15) is 9.90 Å². The fourth-order valence-corrected chi connectivity index (χ4v) is 2.33. The van der Waals surface area contributed by atoms with Crippen molar-refractivity contribution in [2.75, 3.05) is 0 Å². The zero-order valence-corrected chi connectivity index (χ0v) is 6.79. The van der Waals surface area contributed by atoms with Crippen LogP contribution in [0.3, 0.4) is 0 Å². The van der Waals surface area contributed by atoms with E-state index in [2.05, 4.69) is 0 Å². The standard InChI is InChI=1S/C9H14O2/c1-5(10)7-3-2-6-4-8(6)9(7)11/h6-9,11H,2-4H2,1H3/t6?,7-,8?,9+/m1/s1. The zero-order chi connectivity index (χ0) is 8.01. The summed E-state index contributed by atoms with van der Waals surface area (Å²) in [4.78, 5) is 11.0. The molecule has 2 fully saturated rings. The SMILES string of the molecule is CC(=O)[C@H]1CCC2CC2[C@H]1O. The maximum Gasteiger partial charge on any atom is 0.135 e. The first-order chi connectivity index (χ1) is 5.20. The van der Waals surface area contributed by atoms with E-state index in [1.54, 1.807) is 6.92 Å². The van der Waals surface area contributed by atoms with Gasteiger partial charge in [-0.2, -0.15) is 0 Å². The van der Waals surface area contributed by atoms with Crippen molar-refractivity contribution < 1.29 is 9.90 Å². The average molecular weight is 154 g/mol. The predicted molar refractivity (Wildman–Crippen MR) is 41.0 cm³/mol. The molecule has 0 aromatic heterocycles. The lowest BCUT2D eigenvalue weighted by atomic mass is 9.84. The number of hydrogen-bond donors (Lipinski definition) is 1. The molecule has 2 aliphatic rings. The molecule has 62 valence electrons. The van der Waals surface area contributed by atoms with Gasteiger partial charge < -0.3 is 5.11 Å². The third kappa shape index (κ3) is 1.09. The van der Waals surface area contributed by atoms with Crippen LogP contribution in [-0.2, 0) is 4.79 Å². The van der Waals surface area contributed by atoms with Gasteiger partial charge in [0.15, 0.2) is 0 Å². The van der Waals surface area contributed by atoms with Crippen molar-refractivity contribution in [3.05, 3.63) is 0 Å². The van der Waals surface area contributed by atoms with Crippen molar-refractivity contribution in [1.82, 2.24) is 0 Å². The number of Topliss-reactive ketones (excluding diaryl/α,β-unsaturated/α-hetero) is 1. The van der Waals surface area contributed by atoms with E-state index in [1.165, 1.54) is 0 Å². The molecule has 0 spiro atoms. The third-order valence-corrected chi connectivity index (χ3v) is 3.20. The van der Waals surface area contributed by atoms with E-state index in [4.69, 9.17) is 0 Å². The van der Waals surface area contributed by atoms with Crippen LogP contribution in [0, 0.1) is 17.8 Å². The van der Waals surface area contributed by atoms with Gasteiger partial charge in [0.2, 0.25) is 0 Å². The molecule has 11 heavy (non-hydrogen) atoms. The highest BCUT2D eigenvalue weighted by molar-refractivity contribution is 5.79. The topological polar surface area (TPSA) is 37.3 Å². The minimum atomic E-state index is -0.314. The van der Waals surface area contributed by atoms with Gasteiger partial charge in [0.1, 0.15) is 5.78 Å². The Bertz CT molecular complexity index is 188. The smallest absolute Gasteiger partial charge is 0.135 e. The number of aliphatic hydroxyl groups is 1. The lowest BCUT2D eigenvalue weighted by molar-refractivity contribution is -0.126. The summed E-state index contributed by atoms with van der Waals surface area (Å²) in [6.45, 7) is 1.59. The molecule has 0 aromatic carbocycles. The molecule has 4 atom stereocenters. The lowest BCUT2D eigenvalue weighted by Crippen LogP contribution is -2.32. The number of carbonyl (C=O) groups excluding carboxylic acids is 1. The zero-order valence-electron chi connectivity index (χ0n) is 6.79. The maximum atomic E-state index is 11.0. The van der Waals surface area contributed by atoms with Crippen LogP contribution in [-0.4, -0.2) is 17.0 Å². The Morgan fingerprint density at radius 3 is 2.82 bits per heavy atom. The molecule has 2 rings (SSSR count). The summed E-state index contributed by atoms with van der Waals surface area (Å²) in [6, 6.07) is 0. The van der Waals surface area contributed by atoms with Crippen LogP contribution in [0.4, 0.5) is 0 Å². The fraction of sp³-hybridized carbons (Fsp3) is 0.889. The largest absolute Gasteiger partial charge is 0.392 e. The fourth-order valence-electron chi connectivity index (χ4n) is 2.33. The number of aliphatic hydroxyl groups excluding tert-OH is 1. The normalized spacial score (nSPS) is 48.2. The van der Waals surface area contributed by atoms with Crippen LogP contribution >= 0.6 is 0 Å². The summed E-state index contributed by atoms with van der Waals surface area (Å²) >= 11 is 0. The van der Waals surface area contributed by atoms with Gasteiger partial charge in [-0.25, -0.2) is 0 Å². The number of ketones is 1. The van der Waals surface area contributed by atoms with Crippen LogP contribution in [0.1, 0.15) is 26.2 Å². The van der Waals surface area contributed by atoms with Crippen LogP contribution < -0.4 is 0 Å². The molecular weight excluding hydrogens is 140 g/mol. The molecule has 0 heterocycles. The number of hydrogen-bond acceptors (Lipinski definition) is 2. The summed E-state index contributed by atoms with van der Waals surface area (Å²) in [6.07, 6.45) is 2.92. The first kappa shape index (κ1) is 7.29. The summed E-state index contributed by atoms with van der Waals surface area (Å²) in [5.41, 5.74) is 0. The van der Waals surface area contributed by atoms with Gasteiger partial charge in [0.25, 0.3) is 0 Å². The second-order valence-electron chi connectivity index (χ2n) is 3.94. The monoisotopic (exact) mass is 154 g/mol. The first-order valence-electron chi connectivity index (χ1n) is 4.38. The van der Waals surface area contributed by atoms with Crippen LogP contribution in [0.5, 0.6) is 0 Å². The Morgan fingerprint density at radius 1 is 1.45 bits per heavy atom. The second-order valence-corrected chi connectivity index (χ2v) is 3.94. The summed E-state index contributed by atoms with van der Waals surface area (Å²) in [7, 11) is 0. The quantitative estimate of drug-likeness (QED) is 0.611. The summed E-state index contributed by atoms with van der Waals surface area (Å²) in [5.74, 6) is 1.35. The molecule has 1 N–H and O–H groups in total. The number of carbonyl (C=O) groups is 1. The summed E-state index contributed by atoms with van der Waals surface area (Å²) < 4.78 is 0. The number of rotatable bonds is 1. The Kier molecular flexibility index (Phi) is 1.53. The molecular formula is C9H14O2. The predicted octanol–water partition coefficient (Wildman–Crippen LogP) is 0.982. The van der Waals surface area contributed by atoms with Crippen molar-refractivity contribution in [1.29, 1.82) is 0 Å². The highest BCUT2D eigenvalue weighted by Crippen LogP contribution is 2.51. The van der Waals surface area contributed by atoms with Crippen molar-refractivity contribution in [2.45, 2.75) is 32.3 Å². The second kappa shape index (κ2) is 2.31. The lowest BCUT2D eigenvalue weighted by Gasteiger charge is -2.24. The highest BCUT2D eigenvalue weighted by atomic mass is 16.3. The molecule has 2 heteroatoms. The van der Waals surface area contributed by atoms with Gasteiger partial charge in [0, 0.05) is 5.92 Å². The van der Waals surface area contributed by atoms with Crippen molar-refractivity contribution in [3.63, 3.8) is 0 Å². The van der Waals surface area contributed by atoms with E-state index in [-0.39, 0.29) is 17.8 Å². The Morgan fingerprint density at radius 2 is 2.18 bits per heavy atom. The molecule has 2 saturated carbocycles. The van der Waals surface area contributed by atoms with Gasteiger partial charge in [-0.3, -0.25) is 4.79 Å². The Hall–Kier alpha value is -0.370. The molecule has 0 aromatic rings. The van der Waals surface area contributed by atoms with Gasteiger partial charge in [-0.15, -0.1) is 0 Å². The highest BCUT2D eigenvalue weighted by Gasteiger charge is 2.49. The van der Waals surface area contributed by atoms with E-state index in [0.717, 1.165) is 25.2 Å². The van der Waals surface area contributed by atoms with Crippen molar-refractivity contribution >= 4 is 5.78 Å². The van der Waals surface area contributed by atoms with Crippen LogP contribution in [0.15, 0.2) is 0 Å². The molecule has 2 nitrogen and oxygen atoms in total. The van der Waals surface area contributed by atoms with Crippen LogP contribution in [0.25, 0.3) is 0 Å². The van der Waals surface area contributed by atoms with Crippen molar-refractivity contribution in [2.24, 2.45) is 17.8 Å². The van der Waals surface area contributed by atoms with Crippen molar-refractivity contribution in [3.8, 4) is 0 Å². The number of fused-ring (bicyclic) bond motifs is 1. The summed E-state index contributed by atoms with van der Waals surface area (Å²) in [5, 5.41) is 9.63. The van der Waals surface area contributed by atoms with E-state index < -0.39 is 0 Å². The molecule has 0 saturated heterocycles. The molecule has 0 amide bonds. The van der Waals surface area contributed by atoms with Gasteiger partial charge in [-0.05, 0) is 38.0 Å². The van der Waals surface area contributed by atoms with Gasteiger partial charge >= 0.3 is 0 Å². The molecule has 0 bridgehead atoms. The minimum absolute atomic E-state index is 0.0428. The molecule has 2 unspecified atom stereocenters. The first-order valence-corrected chi connectivity index (χ1v) is 4.38. The average Bonchev–Trinajstić information content (AvgIpc) is 2.66. The molecule has 2 aliphatic carbocycles. The molecule has 0 aliphatic heterocycles. The van der Waals surface area contributed by atoms with Gasteiger partial charge in [0.05, 0.1) is 6.10 Å². The Balaban J connectivity index is 2.05. The van der Waals surface area contributed by atoms with E-state index >= 15 is 0 Å². The Labute approximate surface area is 66.6 Å². The maximum absolute atomic E-state index is 11.0. The minimum Gasteiger partial charge on any atom is -0.392 e.